The van der Waals surface area contributed by atoms with Crippen LogP contribution < -0.4 is 11.5 Å². The highest BCUT2D eigenvalue weighted by atomic mass is 127. The molecular weight excluding hydrogens is 1110 g/mol. The summed E-state index contributed by atoms with van der Waals surface area (Å²) in [4.78, 5) is 50.2. The molecule has 0 radical (unpaired) electrons. The van der Waals surface area contributed by atoms with Gasteiger partial charge in [0.1, 0.15) is 0 Å². The van der Waals surface area contributed by atoms with Gasteiger partial charge in [-0.1, -0.05) is 45.2 Å². The Morgan fingerprint density at radius 2 is 0.939 bits per heavy atom. The third kappa shape index (κ3) is 5.40. The van der Waals surface area contributed by atoms with Gasteiger partial charge in [-0.15, -0.1) is 0 Å². The molecule has 0 aliphatic heterocycles. The smallest absolute Gasteiger partial charge is 0.168 e. The largest absolute Gasteiger partial charge is 0.328 e. The van der Waals surface area contributed by atoms with Crippen LogP contribution in [0.5, 0.6) is 0 Å². The number of alkyl halides is 2. The highest BCUT2D eigenvalue weighted by Crippen LogP contribution is 2.53. The first kappa shape index (κ1) is 31.1. The molecule has 0 aromatic carbocycles. The normalized spacial score (nSPS) is 30.8. The Kier molecular flexibility index (Phi) is 10.7. The third-order valence-electron chi connectivity index (χ3n) is 5.10. The molecule has 13 heteroatoms. The highest BCUT2D eigenvalue weighted by molar-refractivity contribution is 14.1. The van der Waals surface area contributed by atoms with Crippen LogP contribution in [0.2, 0.25) is 0 Å². The summed E-state index contributed by atoms with van der Waals surface area (Å²) in [6.07, 6.45) is 0. The summed E-state index contributed by atoms with van der Waals surface area (Å²) in [5, 5.41) is 0. The van der Waals surface area contributed by atoms with Crippen molar-refractivity contribution < 1.29 is 23.9 Å². The van der Waals surface area contributed by atoms with Gasteiger partial charge in [-0.05, 0) is 118 Å². The van der Waals surface area contributed by atoms with Crippen LogP contribution in [0, 0.1) is 0 Å². The molecule has 0 spiro atoms. The van der Waals surface area contributed by atoms with Crippen LogP contribution in [0.25, 0.3) is 0 Å². The summed E-state index contributed by atoms with van der Waals surface area (Å²) >= 11 is 12.0. The average Bonchev–Trinajstić information content (AvgIpc) is 2.64. The topological polar surface area (TPSA) is 130 Å². The van der Waals surface area contributed by atoms with E-state index in [1.54, 1.807) is 0 Å². The van der Waals surface area contributed by atoms with Crippen LogP contribution in [-0.2, 0) is 23.9 Å². The fourth-order valence-corrected chi connectivity index (χ4v) is 14.1. The number of carbonyl (C=O) groups excluding carboxylic acids is 4. The lowest BCUT2D eigenvalue weighted by Crippen LogP contribution is -2.66. The van der Waals surface area contributed by atoms with Gasteiger partial charge in [0.05, 0.1) is 15.0 Å². The van der Waals surface area contributed by atoms with Crippen LogP contribution in [0.15, 0.2) is 36.6 Å². The lowest BCUT2D eigenvalue weighted by atomic mass is 9.86. The number of Topliss-reactive ketones (excluding diaryl/α,β-unsaturated/α-hetero) is 4. The lowest BCUT2D eigenvalue weighted by molar-refractivity contribution is -0.119. The van der Waals surface area contributed by atoms with Crippen molar-refractivity contribution in [3.63, 3.8) is 0 Å². The van der Waals surface area contributed by atoms with Gasteiger partial charge in [0.25, 0.3) is 0 Å². The van der Waals surface area contributed by atoms with Crippen LogP contribution in [-0.4, -0.2) is 42.4 Å². The molecule has 180 valence electrons. The van der Waals surface area contributed by atoms with Gasteiger partial charge in [-0.2, -0.15) is 0 Å². The van der Waals surface area contributed by atoms with E-state index in [1.165, 1.54) is 27.7 Å². The fraction of sp³-hybridized carbons (Fsp3) is 0.400. The summed E-state index contributed by atoms with van der Waals surface area (Å²) in [6, 6.07) is 0. The number of allylic oxidation sites excluding steroid dienone is 4. The SMILES string of the molecule is CC(=O)C1=C(I)C(N)(OC2(N)C(I)=C(C(C)=O)C(I)=C(C(C)=O)C2I)C(I)C(C(C)=O)=C1I. The molecule has 0 saturated heterocycles. The van der Waals surface area contributed by atoms with Crippen molar-refractivity contribution in [2.45, 2.75) is 47.0 Å². The Hall–Kier alpha value is 1.90. The summed E-state index contributed by atoms with van der Waals surface area (Å²) < 4.78 is 6.98. The molecule has 0 heterocycles. The number of hydrogen-bond donors (Lipinski definition) is 2. The number of ether oxygens (including phenoxy) is 1. The minimum Gasteiger partial charge on any atom is -0.328 e. The second-order valence-electron chi connectivity index (χ2n) is 7.47. The number of halogens is 6. The zero-order chi connectivity index (χ0) is 25.8. The fourth-order valence-electron chi connectivity index (χ4n) is 3.48. The van der Waals surface area contributed by atoms with E-state index < -0.39 is 19.3 Å². The molecule has 4 atom stereocenters. The second kappa shape index (κ2) is 11.3. The van der Waals surface area contributed by atoms with Gasteiger partial charge in [0, 0.05) is 29.5 Å². The van der Waals surface area contributed by atoms with E-state index in [0.717, 1.165) is 0 Å². The molecule has 4 N–H and O–H groups in total. The third-order valence-corrected chi connectivity index (χ3v) is 13.2. The van der Waals surface area contributed by atoms with Gasteiger partial charge in [-0.25, -0.2) is 0 Å². The van der Waals surface area contributed by atoms with Crippen molar-refractivity contribution in [3.8, 4) is 0 Å². The predicted molar refractivity (Wildman–Crippen MR) is 177 cm³/mol. The summed E-state index contributed by atoms with van der Waals surface area (Å²) in [5.41, 5.74) is 11.7. The molecule has 4 unspecified atom stereocenters. The van der Waals surface area contributed by atoms with Crippen molar-refractivity contribution in [2.75, 3.05) is 0 Å². The predicted octanol–water partition coefficient (Wildman–Crippen LogP) is 5.06. The van der Waals surface area contributed by atoms with E-state index in [0.29, 0.717) is 36.6 Å². The first-order chi connectivity index (χ1) is 14.9. The molecule has 0 fully saturated rings. The zero-order valence-electron chi connectivity index (χ0n) is 17.6. The molecular formula is C20H18I6N2O5. The molecule has 0 aromatic heterocycles. The van der Waals surface area contributed by atoms with E-state index in [2.05, 4.69) is 0 Å². The maximum atomic E-state index is 12.6. The number of hydrogen-bond acceptors (Lipinski definition) is 7. The second-order valence-corrected chi connectivity index (χ2v) is 14.3. The first-order valence-electron chi connectivity index (χ1n) is 9.15. The minimum atomic E-state index is -1.67. The van der Waals surface area contributed by atoms with E-state index in [4.69, 9.17) is 16.2 Å². The van der Waals surface area contributed by atoms with Crippen LogP contribution in [0.3, 0.4) is 0 Å². The molecule has 0 bridgehead atoms. The molecule has 2 rings (SSSR count). The standard InChI is InChI=1S/C20H18I6N2O5/c1-5(29)9-13(21)10(6(2)30)16(24)19(27,15(9)23)33-20(28)17(25)11(7(3)31)14(22)12(8(4)32)18(20)26/h15,17H,27-28H2,1-4H3. The van der Waals surface area contributed by atoms with Gasteiger partial charge in [-0.3, -0.25) is 30.6 Å². The summed E-state index contributed by atoms with van der Waals surface area (Å²) in [6.45, 7) is 5.61. The summed E-state index contributed by atoms with van der Waals surface area (Å²) in [5.74, 6) is -1.01. The number of carbonyl (C=O) groups is 4. The Labute approximate surface area is 273 Å². The number of nitrogens with two attached hydrogens (primary N) is 2. The Bertz CT molecular complexity index is 1040. The monoisotopic (exact) mass is 1130 g/mol. The van der Waals surface area contributed by atoms with Gasteiger partial charge in [0.15, 0.2) is 34.6 Å². The molecule has 0 amide bonds. The molecule has 0 saturated carbocycles. The van der Waals surface area contributed by atoms with E-state index in [-0.39, 0.29) is 23.1 Å². The maximum absolute atomic E-state index is 12.6. The van der Waals surface area contributed by atoms with Crippen molar-refractivity contribution in [3.05, 3.63) is 36.6 Å². The van der Waals surface area contributed by atoms with Gasteiger partial charge < -0.3 is 4.74 Å². The number of rotatable bonds is 6. The van der Waals surface area contributed by atoms with E-state index >= 15 is 0 Å². The highest BCUT2D eigenvalue weighted by Gasteiger charge is 2.56. The Morgan fingerprint density at radius 3 is 1.15 bits per heavy atom. The van der Waals surface area contributed by atoms with Gasteiger partial charge >= 0.3 is 0 Å². The Balaban J connectivity index is 2.86. The van der Waals surface area contributed by atoms with E-state index in [1.807, 2.05) is 136 Å². The zero-order valence-corrected chi connectivity index (χ0v) is 30.6. The molecule has 33 heavy (non-hydrogen) atoms. The van der Waals surface area contributed by atoms with E-state index in [9.17, 15) is 19.2 Å². The molecule has 0 aromatic rings. The maximum Gasteiger partial charge on any atom is 0.168 e. The summed E-state index contributed by atoms with van der Waals surface area (Å²) in [7, 11) is 0. The van der Waals surface area contributed by atoms with Crippen molar-refractivity contribution in [2.24, 2.45) is 11.5 Å². The molecule has 2 aliphatic rings. The van der Waals surface area contributed by atoms with Crippen molar-refractivity contribution in [1.82, 2.24) is 0 Å². The lowest BCUT2D eigenvalue weighted by Gasteiger charge is -2.48. The Morgan fingerprint density at radius 1 is 0.667 bits per heavy atom. The average molecular weight is 1130 g/mol. The number of ketones is 4. The van der Waals surface area contributed by atoms with Crippen LogP contribution in [0.1, 0.15) is 27.7 Å². The van der Waals surface area contributed by atoms with Crippen LogP contribution >= 0.6 is 136 Å². The van der Waals surface area contributed by atoms with Crippen molar-refractivity contribution >= 4 is 159 Å². The molecule has 2 aliphatic carbocycles. The van der Waals surface area contributed by atoms with Crippen LogP contribution in [0.4, 0.5) is 0 Å². The molecule has 7 nitrogen and oxygen atoms in total. The quantitative estimate of drug-likeness (QED) is 0.217. The minimum absolute atomic E-state index is 0.242. The van der Waals surface area contributed by atoms with Gasteiger partial charge in [0.2, 0.25) is 0 Å². The first-order valence-corrected chi connectivity index (χ1v) is 16.0. The van der Waals surface area contributed by atoms with Crippen molar-refractivity contribution in [1.29, 1.82) is 0 Å².